The molecule has 0 saturated carbocycles. The summed E-state index contributed by atoms with van der Waals surface area (Å²) < 4.78 is 5.65. The minimum Gasteiger partial charge on any atom is -0.507 e. The fourth-order valence-corrected chi connectivity index (χ4v) is 8.14. The van der Waals surface area contributed by atoms with Gasteiger partial charge >= 0.3 is 11.9 Å². The number of esters is 1. The monoisotopic (exact) mass is 845 g/mol. The van der Waals surface area contributed by atoms with Gasteiger partial charge < -0.3 is 45.8 Å². The number of hydrogen-bond donors (Lipinski definition) is 8. The minimum atomic E-state index is -1.55. The topological polar surface area (TPSA) is 197 Å². The van der Waals surface area contributed by atoms with Crippen molar-refractivity contribution in [2.24, 2.45) is 0 Å². The van der Waals surface area contributed by atoms with Crippen LogP contribution < -0.4 is 10.1 Å². The normalized spacial score (nSPS) is 14.8. The van der Waals surface area contributed by atoms with Crippen LogP contribution in [0.15, 0.2) is 34.1 Å². The van der Waals surface area contributed by atoms with E-state index in [0.29, 0.717) is 11.5 Å². The van der Waals surface area contributed by atoms with Gasteiger partial charge in [0.25, 0.3) is 0 Å². The van der Waals surface area contributed by atoms with Crippen LogP contribution >= 0.6 is 37.0 Å². The van der Waals surface area contributed by atoms with Crippen molar-refractivity contribution < 1.29 is 50.1 Å². The van der Waals surface area contributed by atoms with E-state index in [2.05, 4.69) is 127 Å². The minimum absolute atomic E-state index is 0. The SMILES string of the molecule is CC(C)(Sc1cc(C(C)(C)C)c(O)c(C(C)(C)C)c1)Sc1cc(C(C)(C)C)c(OC(=O)CCC(=O)O)c(C(C)(C)C)c1.CNC[C@H](O)[C@@H](O)[C@H](O)[C@H](O)CO.S. The molecule has 0 heterocycles. The van der Waals surface area contributed by atoms with Gasteiger partial charge in [-0.1, -0.05) is 83.1 Å². The van der Waals surface area contributed by atoms with Crippen molar-refractivity contribution in [3.63, 3.8) is 0 Å². The molecule has 0 amide bonds. The van der Waals surface area contributed by atoms with E-state index < -0.39 is 43.0 Å². The predicted octanol–water partition coefficient (Wildman–Crippen LogP) is 6.73. The molecule has 0 fully saturated rings. The Labute approximate surface area is 350 Å². The van der Waals surface area contributed by atoms with Crippen molar-refractivity contribution in [3.8, 4) is 11.5 Å². The average molecular weight is 846 g/mol. The Morgan fingerprint density at radius 2 is 1.02 bits per heavy atom. The van der Waals surface area contributed by atoms with Crippen LogP contribution in [0.3, 0.4) is 0 Å². The van der Waals surface area contributed by atoms with Gasteiger partial charge in [-0.15, -0.1) is 23.5 Å². The number of aliphatic hydroxyl groups excluding tert-OH is 5. The summed E-state index contributed by atoms with van der Waals surface area (Å²) in [4.78, 5) is 25.9. The molecule has 2 rings (SSSR count). The second-order valence-corrected chi connectivity index (χ2v) is 22.2. The van der Waals surface area contributed by atoms with Crippen LogP contribution in [0.25, 0.3) is 0 Å². The van der Waals surface area contributed by atoms with E-state index >= 15 is 0 Å². The third-order valence-electron chi connectivity index (χ3n) is 8.60. The molecule has 4 atom stereocenters. The largest absolute Gasteiger partial charge is 0.507 e. The van der Waals surface area contributed by atoms with Gasteiger partial charge in [-0.05, 0) is 66.8 Å². The van der Waals surface area contributed by atoms with E-state index in [4.69, 9.17) is 30.3 Å². The maximum absolute atomic E-state index is 12.7. The van der Waals surface area contributed by atoms with Gasteiger partial charge in [0, 0.05) is 38.6 Å². The molecule has 14 heteroatoms. The van der Waals surface area contributed by atoms with Gasteiger partial charge in [0.05, 0.1) is 29.6 Å². The first-order chi connectivity index (χ1) is 24.8. The number of ether oxygens (including phenoxy) is 1. The molecule has 0 bridgehead atoms. The molecule has 0 aromatic heterocycles. The highest BCUT2D eigenvalue weighted by Crippen LogP contribution is 2.51. The van der Waals surface area contributed by atoms with Gasteiger partial charge in [-0.2, -0.15) is 13.5 Å². The Bertz CT molecular complexity index is 1520. The molecule has 0 aliphatic carbocycles. The van der Waals surface area contributed by atoms with Crippen molar-refractivity contribution in [1.29, 1.82) is 0 Å². The maximum atomic E-state index is 12.7. The van der Waals surface area contributed by atoms with Crippen molar-refractivity contribution in [1.82, 2.24) is 5.32 Å². The van der Waals surface area contributed by atoms with Crippen LogP contribution in [0.2, 0.25) is 0 Å². The second-order valence-electron chi connectivity index (χ2n) is 18.5. The van der Waals surface area contributed by atoms with E-state index in [1.807, 2.05) is 0 Å². The number of benzene rings is 2. The van der Waals surface area contributed by atoms with Crippen LogP contribution in [0.5, 0.6) is 11.5 Å². The van der Waals surface area contributed by atoms with Crippen molar-refractivity contribution in [2.75, 3.05) is 20.2 Å². The number of aliphatic carboxylic acids is 1. The third-order valence-corrected chi connectivity index (χ3v) is 11.0. The number of likely N-dealkylation sites (N-methyl/N-ethyl adjacent to an activating group) is 1. The number of hydrogen-bond acceptors (Lipinski definition) is 12. The number of carbonyl (C=O) groups is 2. The lowest BCUT2D eigenvalue weighted by atomic mass is 9.79. The molecule has 11 nitrogen and oxygen atoms in total. The van der Waals surface area contributed by atoms with Gasteiger partial charge in [0.15, 0.2) is 0 Å². The van der Waals surface area contributed by atoms with Gasteiger partial charge in [-0.3, -0.25) is 9.59 Å². The van der Waals surface area contributed by atoms with Crippen molar-refractivity contribution >= 4 is 49.0 Å². The summed E-state index contributed by atoms with van der Waals surface area (Å²) in [5.74, 6) is -0.656. The van der Waals surface area contributed by atoms with E-state index in [-0.39, 0.29) is 58.6 Å². The lowest BCUT2D eigenvalue weighted by Gasteiger charge is -2.32. The molecular formula is C42H71NO10S3. The molecule has 0 saturated heterocycles. The van der Waals surface area contributed by atoms with Crippen LogP contribution in [-0.4, -0.2) is 96.4 Å². The number of nitrogens with one attached hydrogen (secondary N) is 1. The maximum Gasteiger partial charge on any atom is 0.311 e. The highest BCUT2D eigenvalue weighted by Gasteiger charge is 2.33. The molecule has 8 N–H and O–H groups in total. The molecule has 0 radical (unpaired) electrons. The van der Waals surface area contributed by atoms with Crippen LogP contribution in [-0.2, 0) is 31.2 Å². The highest BCUT2D eigenvalue weighted by atomic mass is 32.2. The number of aromatic hydroxyl groups is 1. The Kier molecular flexibility index (Phi) is 20.5. The molecule has 0 aliphatic rings. The number of carbonyl (C=O) groups excluding carboxylic acids is 1. The van der Waals surface area contributed by atoms with Gasteiger partial charge in [-0.25, -0.2) is 0 Å². The predicted molar refractivity (Wildman–Crippen MR) is 233 cm³/mol. The number of thioether (sulfide) groups is 2. The molecular weight excluding hydrogens is 775 g/mol. The lowest BCUT2D eigenvalue weighted by molar-refractivity contribution is -0.142. The number of phenols is 1. The highest BCUT2D eigenvalue weighted by molar-refractivity contribution is 8.18. The summed E-state index contributed by atoms with van der Waals surface area (Å²) in [7, 11) is 1.57. The summed E-state index contributed by atoms with van der Waals surface area (Å²) in [6.07, 6.45) is -6.09. The summed E-state index contributed by atoms with van der Waals surface area (Å²) >= 11 is 3.53. The Morgan fingerprint density at radius 3 is 1.34 bits per heavy atom. The van der Waals surface area contributed by atoms with E-state index in [1.54, 1.807) is 30.6 Å². The average Bonchev–Trinajstić information content (AvgIpc) is 3.01. The van der Waals surface area contributed by atoms with E-state index in [9.17, 15) is 19.8 Å². The first kappa shape index (κ1) is 54.0. The zero-order valence-electron chi connectivity index (χ0n) is 36.1. The van der Waals surface area contributed by atoms with Gasteiger partial charge in [0.1, 0.15) is 29.8 Å². The standard InChI is InChI=1S/C35H52O5S2.C7H17NO5.H2S/c1-31(2,3)23-17-21(18-24(29(23)39)32(4,5)6)41-35(13,14)42-22-19-25(33(7,8)9)30(26(20-22)34(10,11)12)40-28(38)16-15-27(36)37;1-8-2-4(10)6(12)7(13)5(11)3-9;/h17-20,39H,15-16H2,1-14H3,(H,36,37);4-13H,2-3H2,1H3;1H2/t;4-,5+,6+,7+;/m.0./s1. The van der Waals surface area contributed by atoms with Gasteiger partial charge in [0.2, 0.25) is 0 Å². The summed E-state index contributed by atoms with van der Waals surface area (Å²) in [5, 5.41) is 67.7. The first-order valence-corrected chi connectivity index (χ1v) is 20.2. The van der Waals surface area contributed by atoms with E-state index in [1.165, 1.54) is 0 Å². The van der Waals surface area contributed by atoms with E-state index in [0.717, 1.165) is 32.0 Å². The molecule has 0 spiro atoms. The number of phenolic OH excluding ortho intramolecular Hbond substituents is 1. The third kappa shape index (κ3) is 16.7. The number of aliphatic hydroxyl groups is 5. The number of carboxylic acid groups (broad SMARTS) is 1. The zero-order chi connectivity index (χ0) is 43.1. The lowest BCUT2D eigenvalue weighted by Crippen LogP contribution is -2.48. The smallest absolute Gasteiger partial charge is 0.311 e. The Hall–Kier alpha value is -2.01. The molecule has 56 heavy (non-hydrogen) atoms. The molecule has 2 aromatic rings. The summed E-state index contributed by atoms with van der Waals surface area (Å²) in [6.45, 7) is 29.2. The Morgan fingerprint density at radius 1 is 0.661 bits per heavy atom. The Balaban J connectivity index is 0.00000184. The zero-order valence-corrected chi connectivity index (χ0v) is 38.8. The molecule has 0 unspecified atom stereocenters. The second kappa shape index (κ2) is 21.3. The number of rotatable bonds is 14. The fraction of sp³-hybridized carbons (Fsp3) is 0.667. The quantitative estimate of drug-likeness (QED) is 0.0432. The van der Waals surface area contributed by atoms with Crippen molar-refractivity contribution in [3.05, 3.63) is 46.5 Å². The fourth-order valence-electron chi connectivity index (χ4n) is 5.55. The first-order valence-electron chi connectivity index (χ1n) is 18.6. The molecule has 322 valence electrons. The molecule has 0 aliphatic heterocycles. The summed E-state index contributed by atoms with van der Waals surface area (Å²) in [5.41, 5.74) is 2.65. The molecule has 2 aromatic carbocycles. The van der Waals surface area contributed by atoms with Crippen LogP contribution in [0.4, 0.5) is 0 Å². The van der Waals surface area contributed by atoms with Crippen LogP contribution in [0, 0.1) is 0 Å². The van der Waals surface area contributed by atoms with Crippen LogP contribution in [0.1, 0.15) is 132 Å². The summed E-state index contributed by atoms with van der Waals surface area (Å²) in [6, 6.07) is 8.47. The number of carboxylic acids is 1. The van der Waals surface area contributed by atoms with Crippen molar-refractivity contribution in [2.45, 2.75) is 170 Å².